The largest absolute Gasteiger partial charge is 0.497 e. The van der Waals surface area contributed by atoms with Crippen LogP contribution in [0.15, 0.2) is 30.3 Å². The summed E-state index contributed by atoms with van der Waals surface area (Å²) in [5.74, 6) is 0.833. The van der Waals surface area contributed by atoms with Crippen molar-refractivity contribution in [3.8, 4) is 5.75 Å². The summed E-state index contributed by atoms with van der Waals surface area (Å²) in [4.78, 5) is 0. The molecule has 0 spiro atoms. The zero-order chi connectivity index (χ0) is 11.3. The molecule has 1 aromatic carbocycles. The van der Waals surface area contributed by atoms with E-state index in [-0.39, 0.29) is 0 Å². The SMILES string of the molecule is COc1ccc(/C(Cl)=C/C=[N+](C)C)cc1. The van der Waals surface area contributed by atoms with Gasteiger partial charge in [0.2, 0.25) is 0 Å². The maximum Gasteiger partial charge on any atom is 0.164 e. The molecule has 0 aliphatic carbocycles. The Labute approximate surface area is 95.5 Å². The highest BCUT2D eigenvalue weighted by Gasteiger charge is 1.98. The van der Waals surface area contributed by atoms with Gasteiger partial charge in [0.15, 0.2) is 6.21 Å². The lowest BCUT2D eigenvalue weighted by Crippen LogP contribution is -1.95. The van der Waals surface area contributed by atoms with E-state index < -0.39 is 0 Å². The van der Waals surface area contributed by atoms with Crippen LogP contribution in [0.4, 0.5) is 0 Å². The molecule has 0 bridgehead atoms. The first-order valence-electron chi connectivity index (χ1n) is 4.65. The predicted octanol–water partition coefficient (Wildman–Crippen LogP) is 2.62. The first kappa shape index (κ1) is 11.8. The number of methoxy groups -OCH3 is 1. The van der Waals surface area contributed by atoms with Crippen LogP contribution in [0.5, 0.6) is 5.75 Å². The van der Waals surface area contributed by atoms with Crippen molar-refractivity contribution < 1.29 is 9.31 Å². The first-order chi connectivity index (χ1) is 7.13. The Kier molecular flexibility index (Phi) is 4.37. The Morgan fingerprint density at radius 2 is 1.87 bits per heavy atom. The second kappa shape index (κ2) is 5.56. The van der Waals surface area contributed by atoms with Crippen molar-refractivity contribution in [2.75, 3.05) is 21.2 Å². The van der Waals surface area contributed by atoms with Crippen molar-refractivity contribution in [2.24, 2.45) is 0 Å². The highest BCUT2D eigenvalue weighted by atomic mass is 35.5. The molecule has 0 N–H and O–H groups in total. The van der Waals surface area contributed by atoms with Crippen molar-refractivity contribution in [1.82, 2.24) is 0 Å². The van der Waals surface area contributed by atoms with Gasteiger partial charge in [-0.25, -0.2) is 4.58 Å². The van der Waals surface area contributed by atoms with E-state index in [1.165, 1.54) is 0 Å². The average molecular weight is 225 g/mol. The molecule has 0 saturated carbocycles. The molecule has 0 aliphatic heterocycles. The van der Waals surface area contributed by atoms with Gasteiger partial charge in [-0.3, -0.25) is 0 Å². The Morgan fingerprint density at radius 1 is 1.27 bits per heavy atom. The molecular weight excluding hydrogens is 210 g/mol. The van der Waals surface area contributed by atoms with Gasteiger partial charge in [-0.05, 0) is 29.8 Å². The third-order valence-corrected chi connectivity index (χ3v) is 2.23. The van der Waals surface area contributed by atoms with Crippen LogP contribution in [0, 0.1) is 0 Å². The topological polar surface area (TPSA) is 12.2 Å². The monoisotopic (exact) mass is 224 g/mol. The number of allylic oxidation sites excluding steroid dienone is 1. The summed E-state index contributed by atoms with van der Waals surface area (Å²) < 4.78 is 7.00. The standard InChI is InChI=1S/C12H15ClNO/c1-14(2)9-8-12(13)10-4-6-11(15-3)7-5-10/h4-9H,1-3H3/q+1/b12-8-. The van der Waals surface area contributed by atoms with Crippen LogP contribution in [-0.4, -0.2) is 32.0 Å². The third kappa shape index (κ3) is 3.76. The molecule has 0 atom stereocenters. The predicted molar refractivity (Wildman–Crippen MR) is 65.0 cm³/mol. The van der Waals surface area contributed by atoms with Crippen LogP contribution in [-0.2, 0) is 0 Å². The van der Waals surface area contributed by atoms with Crippen molar-refractivity contribution in [2.45, 2.75) is 0 Å². The van der Waals surface area contributed by atoms with Crippen LogP contribution in [0.25, 0.3) is 5.03 Å². The fourth-order valence-corrected chi connectivity index (χ4v) is 1.24. The molecule has 2 nitrogen and oxygen atoms in total. The van der Waals surface area contributed by atoms with Crippen LogP contribution < -0.4 is 4.74 Å². The number of rotatable bonds is 3. The molecule has 0 fully saturated rings. The summed E-state index contributed by atoms with van der Waals surface area (Å²) in [7, 11) is 5.55. The van der Waals surface area contributed by atoms with Crippen molar-refractivity contribution >= 4 is 22.8 Å². The second-order valence-corrected chi connectivity index (χ2v) is 3.76. The van der Waals surface area contributed by atoms with E-state index in [0.717, 1.165) is 11.3 Å². The molecular formula is C12H15ClNO+. The molecule has 0 unspecified atom stereocenters. The van der Waals surface area contributed by atoms with E-state index in [1.807, 2.05) is 55.2 Å². The van der Waals surface area contributed by atoms with Gasteiger partial charge in [-0.2, -0.15) is 0 Å². The van der Waals surface area contributed by atoms with Crippen LogP contribution in [0.1, 0.15) is 5.56 Å². The second-order valence-electron chi connectivity index (χ2n) is 3.36. The molecule has 3 heteroatoms. The van der Waals surface area contributed by atoms with Gasteiger partial charge >= 0.3 is 0 Å². The average Bonchev–Trinajstić information content (AvgIpc) is 2.26. The lowest BCUT2D eigenvalue weighted by molar-refractivity contribution is -0.458. The zero-order valence-electron chi connectivity index (χ0n) is 9.20. The Bertz CT molecular complexity index is 375. The highest BCUT2D eigenvalue weighted by Crippen LogP contribution is 2.20. The van der Waals surface area contributed by atoms with E-state index in [0.29, 0.717) is 5.03 Å². The molecule has 0 aromatic heterocycles. The maximum atomic E-state index is 6.11. The minimum atomic E-state index is 0.714. The first-order valence-corrected chi connectivity index (χ1v) is 5.03. The fourth-order valence-electron chi connectivity index (χ4n) is 1.06. The van der Waals surface area contributed by atoms with Crippen LogP contribution in [0.2, 0.25) is 0 Å². The molecule has 0 aliphatic rings. The van der Waals surface area contributed by atoms with Crippen molar-refractivity contribution in [3.63, 3.8) is 0 Å². The third-order valence-electron chi connectivity index (χ3n) is 1.88. The van der Waals surface area contributed by atoms with Crippen molar-refractivity contribution in [3.05, 3.63) is 35.9 Å². The quantitative estimate of drug-likeness (QED) is 0.568. The minimum Gasteiger partial charge on any atom is -0.497 e. The van der Waals surface area contributed by atoms with Gasteiger partial charge in [-0.1, -0.05) is 11.6 Å². The summed E-state index contributed by atoms with van der Waals surface area (Å²) >= 11 is 6.11. The number of halogens is 1. The Balaban J connectivity index is 2.87. The molecule has 0 saturated heterocycles. The summed E-state index contributed by atoms with van der Waals surface area (Å²) in [6, 6.07) is 7.64. The number of hydrogen-bond donors (Lipinski definition) is 0. The van der Waals surface area contributed by atoms with E-state index in [4.69, 9.17) is 16.3 Å². The van der Waals surface area contributed by atoms with Gasteiger partial charge < -0.3 is 4.74 Å². The van der Waals surface area contributed by atoms with E-state index >= 15 is 0 Å². The number of ether oxygens (including phenoxy) is 1. The summed E-state index contributed by atoms with van der Waals surface area (Å²) in [6.07, 6.45) is 3.77. The highest BCUT2D eigenvalue weighted by molar-refractivity contribution is 6.49. The Hall–Kier alpha value is -1.28. The normalized spacial score (nSPS) is 11.1. The van der Waals surface area contributed by atoms with E-state index in [9.17, 15) is 0 Å². The van der Waals surface area contributed by atoms with E-state index in [2.05, 4.69) is 0 Å². The molecule has 15 heavy (non-hydrogen) atoms. The molecule has 1 rings (SSSR count). The molecule has 0 radical (unpaired) electrons. The van der Waals surface area contributed by atoms with Crippen LogP contribution in [0.3, 0.4) is 0 Å². The van der Waals surface area contributed by atoms with Crippen LogP contribution >= 0.6 is 11.6 Å². The Morgan fingerprint density at radius 3 is 2.33 bits per heavy atom. The smallest absolute Gasteiger partial charge is 0.164 e. The van der Waals surface area contributed by atoms with Gasteiger partial charge in [0.1, 0.15) is 19.8 Å². The van der Waals surface area contributed by atoms with Gasteiger partial charge in [-0.15, -0.1) is 0 Å². The maximum absolute atomic E-state index is 6.11. The fraction of sp³-hybridized carbons (Fsp3) is 0.250. The lowest BCUT2D eigenvalue weighted by Gasteiger charge is -2.01. The molecule has 0 heterocycles. The lowest BCUT2D eigenvalue weighted by atomic mass is 10.2. The van der Waals surface area contributed by atoms with Gasteiger partial charge in [0.25, 0.3) is 0 Å². The molecule has 1 aromatic rings. The summed E-state index contributed by atoms with van der Waals surface area (Å²) in [5.41, 5.74) is 0.982. The summed E-state index contributed by atoms with van der Waals surface area (Å²) in [5, 5.41) is 0.714. The van der Waals surface area contributed by atoms with Gasteiger partial charge in [0.05, 0.1) is 12.1 Å². The number of hydrogen-bond acceptors (Lipinski definition) is 1. The van der Waals surface area contributed by atoms with Crippen molar-refractivity contribution in [1.29, 1.82) is 0 Å². The van der Waals surface area contributed by atoms with E-state index in [1.54, 1.807) is 7.11 Å². The number of nitrogens with zero attached hydrogens (tertiary/aromatic N) is 1. The zero-order valence-corrected chi connectivity index (χ0v) is 9.95. The molecule has 80 valence electrons. The minimum absolute atomic E-state index is 0.714. The summed E-state index contributed by atoms with van der Waals surface area (Å²) in [6.45, 7) is 0. The number of benzene rings is 1. The molecule has 0 amide bonds. The van der Waals surface area contributed by atoms with Gasteiger partial charge in [0, 0.05) is 6.08 Å².